The van der Waals surface area contributed by atoms with E-state index in [-0.39, 0.29) is 42.6 Å². The van der Waals surface area contributed by atoms with E-state index in [2.05, 4.69) is 59.9 Å². The molecule has 9 atom stereocenters. The first-order valence-electron chi connectivity index (χ1n) is 21.6. The number of benzene rings is 3. The summed E-state index contributed by atoms with van der Waals surface area (Å²) in [6.45, 7) is 0.446. The highest BCUT2D eigenvalue weighted by molar-refractivity contribution is 5.74. The summed E-state index contributed by atoms with van der Waals surface area (Å²) in [6.07, 6.45) is 20.1. The van der Waals surface area contributed by atoms with Crippen LogP contribution in [0.5, 0.6) is 5.75 Å². The van der Waals surface area contributed by atoms with Crippen LogP contribution in [-0.2, 0) is 16.6 Å². The van der Waals surface area contributed by atoms with Crippen LogP contribution >= 0.6 is 0 Å². The Bertz CT molecular complexity index is 2020. The lowest BCUT2D eigenvalue weighted by molar-refractivity contribution is -0.149. The fraction of sp³-hybridized carbons (Fsp3) is 0.500. The Morgan fingerprint density at radius 3 is 2.46 bits per heavy atom. The molecule has 3 aromatic rings. The van der Waals surface area contributed by atoms with Crippen molar-refractivity contribution in [1.82, 2.24) is 5.32 Å². The molecule has 304 valence electrons. The van der Waals surface area contributed by atoms with Crippen LogP contribution in [-0.4, -0.2) is 57.8 Å². The number of rotatable bonds is 13. The number of aliphatic carboxylic acids is 1. The van der Waals surface area contributed by atoms with Crippen molar-refractivity contribution in [3.05, 3.63) is 124 Å². The quantitative estimate of drug-likeness (QED) is 0.0777. The number of aliphatic hydroxyl groups excluding tert-OH is 3. The zero-order valence-electron chi connectivity index (χ0n) is 33.6. The minimum atomic E-state index is -0.932. The predicted molar refractivity (Wildman–Crippen MR) is 227 cm³/mol. The van der Waals surface area contributed by atoms with Gasteiger partial charge in [0.25, 0.3) is 0 Å². The van der Waals surface area contributed by atoms with E-state index < -0.39 is 29.3 Å². The van der Waals surface area contributed by atoms with Crippen molar-refractivity contribution in [3.8, 4) is 5.75 Å². The van der Waals surface area contributed by atoms with E-state index in [0.717, 1.165) is 72.9 Å². The van der Waals surface area contributed by atoms with Crippen molar-refractivity contribution in [2.45, 2.75) is 101 Å². The summed E-state index contributed by atoms with van der Waals surface area (Å²) in [5.74, 6) is -1.04. The Morgan fingerprint density at radius 2 is 1.70 bits per heavy atom. The number of nitrogens with one attached hydrogen (secondary N) is 1. The molecule has 7 heteroatoms. The van der Waals surface area contributed by atoms with E-state index >= 15 is 0 Å². The number of aromatic hydroxyl groups is 1. The maximum absolute atomic E-state index is 13.9. The molecule has 1 fully saturated rings. The minimum absolute atomic E-state index is 0.0964. The molecule has 7 nitrogen and oxygen atoms in total. The van der Waals surface area contributed by atoms with Crippen LogP contribution in [0.15, 0.2) is 96.6 Å². The fourth-order valence-electron chi connectivity index (χ4n) is 11.2. The van der Waals surface area contributed by atoms with E-state index in [9.17, 15) is 30.3 Å². The van der Waals surface area contributed by atoms with Crippen LogP contribution < -0.4 is 15.8 Å². The first-order valence-corrected chi connectivity index (χ1v) is 21.6. The second-order valence-corrected chi connectivity index (χ2v) is 17.6. The molecule has 57 heavy (non-hydrogen) atoms. The molecule has 0 heterocycles. The number of carbonyl (C=O) groups is 1. The Hall–Kier alpha value is -4.17. The number of phenols is 1. The van der Waals surface area contributed by atoms with Gasteiger partial charge in [-0.25, -0.2) is 0 Å². The molecule has 2 bridgehead atoms. The van der Waals surface area contributed by atoms with Crippen molar-refractivity contribution in [2.75, 3.05) is 20.2 Å². The molecule has 4 aliphatic carbocycles. The lowest BCUT2D eigenvalue weighted by Gasteiger charge is -2.50. The molecule has 1 saturated carbocycles. The largest absolute Gasteiger partial charge is 0.511 e. The third-order valence-electron chi connectivity index (χ3n) is 14.2. The molecule has 0 amide bonds. The van der Waals surface area contributed by atoms with Crippen LogP contribution in [0.1, 0.15) is 99.7 Å². The van der Waals surface area contributed by atoms with Gasteiger partial charge in [-0.2, -0.15) is 0 Å². The predicted octanol–water partition coefficient (Wildman–Crippen LogP) is 7.68. The van der Waals surface area contributed by atoms with Crippen molar-refractivity contribution in [1.29, 1.82) is 0 Å². The number of unbranched alkanes of at least 4 members (excludes halogenated alkanes) is 3. The number of allylic oxidation sites excluding steroid dienone is 2. The summed E-state index contributed by atoms with van der Waals surface area (Å²) in [7, 11) is 1.79. The summed E-state index contributed by atoms with van der Waals surface area (Å²) in [5, 5.41) is 59.9. The van der Waals surface area contributed by atoms with Crippen molar-refractivity contribution in [2.24, 2.45) is 35.5 Å². The average molecular weight is 774 g/mol. The maximum atomic E-state index is 13.9. The van der Waals surface area contributed by atoms with E-state index in [1.54, 1.807) is 19.2 Å². The fourth-order valence-corrected chi connectivity index (χ4v) is 11.2. The van der Waals surface area contributed by atoms with Gasteiger partial charge in [-0.05, 0) is 128 Å². The standard InChI is InChI=1S/C50H63NO6/c1-51-31-46(54)43-17-9-14-36(12-5-3-2-4-10-33-18-19-35(26-33)32-52)44(37-20-22-41(53)23-21-37)28-34-11-8-15-40(27-34)50(47(43)49(56)57)25-24-39-29-38-13-6-7-16-42(38)48(55)45(39)30-50/h6-9,11,13,15-17,20-23,26-27,29,33,36,39,43-47,51-55H,2-5,10,12,14,18-19,24-25,28,30-32H2,1H3,(H,56,57)/b17-9+/t33-,36-,39+,43-,44-,45+,46-,47+,50+/m0/s1. The summed E-state index contributed by atoms with van der Waals surface area (Å²) in [4.78, 5) is 13.9. The molecular weight excluding hydrogens is 711 g/mol. The summed E-state index contributed by atoms with van der Waals surface area (Å²) >= 11 is 0. The Balaban J connectivity index is 1.24. The summed E-state index contributed by atoms with van der Waals surface area (Å²) in [6, 6.07) is 24.2. The molecule has 0 unspecified atom stereocenters. The van der Waals surface area contributed by atoms with Gasteiger partial charge in [0.05, 0.1) is 18.6 Å². The summed E-state index contributed by atoms with van der Waals surface area (Å²) < 4.78 is 0. The molecule has 6 N–H and O–H groups in total. The highest BCUT2D eigenvalue weighted by Crippen LogP contribution is 2.54. The number of carboxylic acids is 1. The highest BCUT2D eigenvalue weighted by Gasteiger charge is 2.54. The molecule has 0 saturated heterocycles. The molecule has 7 rings (SSSR count). The van der Waals surface area contributed by atoms with Gasteiger partial charge in [-0.15, -0.1) is 0 Å². The molecule has 0 aliphatic heterocycles. The van der Waals surface area contributed by atoms with Crippen LogP contribution in [0.3, 0.4) is 0 Å². The second-order valence-electron chi connectivity index (χ2n) is 17.6. The van der Waals surface area contributed by atoms with Crippen molar-refractivity contribution < 1.29 is 30.3 Å². The van der Waals surface area contributed by atoms with E-state index in [1.807, 2.05) is 30.3 Å². The van der Waals surface area contributed by atoms with Crippen molar-refractivity contribution >= 4 is 17.8 Å². The van der Waals surface area contributed by atoms with Crippen LogP contribution in [0, 0.1) is 35.5 Å². The average Bonchev–Trinajstić information content (AvgIpc) is 3.68. The van der Waals surface area contributed by atoms with Crippen LogP contribution in [0.4, 0.5) is 0 Å². The first-order chi connectivity index (χ1) is 27.7. The van der Waals surface area contributed by atoms with Gasteiger partial charge in [0.2, 0.25) is 0 Å². The second kappa shape index (κ2) is 18.6. The third-order valence-corrected chi connectivity index (χ3v) is 14.2. The molecule has 0 radical (unpaired) electrons. The van der Waals surface area contributed by atoms with Gasteiger partial charge in [0, 0.05) is 29.0 Å². The molecule has 0 aromatic heterocycles. The highest BCUT2D eigenvalue weighted by atomic mass is 16.4. The minimum Gasteiger partial charge on any atom is -0.511 e. The number of hydrogen-bond donors (Lipinski definition) is 6. The van der Waals surface area contributed by atoms with Gasteiger partial charge in [-0.1, -0.05) is 111 Å². The van der Waals surface area contributed by atoms with Crippen molar-refractivity contribution in [3.63, 3.8) is 0 Å². The molecule has 3 aromatic carbocycles. The smallest absolute Gasteiger partial charge is 0.308 e. The monoisotopic (exact) mass is 773 g/mol. The Morgan fingerprint density at radius 1 is 0.912 bits per heavy atom. The molecule has 1 spiro atoms. The zero-order valence-corrected chi connectivity index (χ0v) is 33.6. The van der Waals surface area contributed by atoms with E-state index in [0.29, 0.717) is 24.5 Å². The van der Waals surface area contributed by atoms with Gasteiger partial charge in [0.1, 0.15) is 11.5 Å². The van der Waals surface area contributed by atoms with E-state index in [4.69, 9.17) is 0 Å². The molecule has 4 aliphatic rings. The van der Waals surface area contributed by atoms with Crippen LogP contribution in [0.25, 0.3) is 11.8 Å². The number of hydrogen-bond acceptors (Lipinski definition) is 6. The molecular formula is C50H63NO6. The van der Waals surface area contributed by atoms with E-state index in [1.165, 1.54) is 30.4 Å². The van der Waals surface area contributed by atoms with Gasteiger partial charge < -0.3 is 30.8 Å². The maximum Gasteiger partial charge on any atom is 0.308 e. The van der Waals surface area contributed by atoms with Gasteiger partial charge >= 0.3 is 5.97 Å². The SMILES string of the molecule is CNC[C@H](O)[C@@H]1/C=C/C[C@H](CCCCCC[C@@H]2C=C(CO)CC2)[C@@H](c2ccc(O)cc2)Cc2cccc(c2)[C@]2(CC[C@@H]3C=c4ccccc4=C(O)[C@@H]3C2)[C@H]1C(=O)O. The van der Waals surface area contributed by atoms with Crippen LogP contribution in [0.2, 0.25) is 0 Å². The topological polar surface area (TPSA) is 130 Å². The third kappa shape index (κ3) is 9.11. The number of likely N-dealkylation sites (N-methyl/N-ethyl adjacent to an activating group) is 1. The number of fused-ring (bicyclic) bond motifs is 5. The lowest BCUT2D eigenvalue weighted by Crippen LogP contribution is -2.53. The van der Waals surface area contributed by atoms with Gasteiger partial charge in [0.15, 0.2) is 0 Å². The lowest BCUT2D eigenvalue weighted by atomic mass is 9.53. The Kier molecular flexibility index (Phi) is 13.4. The Labute approximate surface area is 338 Å². The number of carboxylic acid groups (broad SMARTS) is 1. The zero-order chi connectivity index (χ0) is 39.9. The summed E-state index contributed by atoms with van der Waals surface area (Å²) in [5.41, 5.74) is 3.64. The number of aliphatic hydroxyl groups is 3. The van der Waals surface area contributed by atoms with Gasteiger partial charge in [-0.3, -0.25) is 4.79 Å². The normalized spacial score (nSPS) is 29.6. The first kappa shape index (κ1) is 41.0. The number of phenolic OH excluding ortho intramolecular Hbond substituents is 1.